The van der Waals surface area contributed by atoms with Gasteiger partial charge in [0.2, 0.25) is 0 Å². The third kappa shape index (κ3) is 2.65. The Labute approximate surface area is 159 Å². The minimum atomic E-state index is -0.270. The molecule has 26 heavy (non-hydrogen) atoms. The minimum absolute atomic E-state index is 0.00555. The van der Waals surface area contributed by atoms with Crippen molar-refractivity contribution in [1.29, 1.82) is 0 Å². The number of rotatable bonds is 4. The minimum Gasteiger partial charge on any atom is -0.503 e. The van der Waals surface area contributed by atoms with E-state index in [2.05, 4.69) is 33.2 Å². The molecule has 1 N–H and O–H groups in total. The van der Waals surface area contributed by atoms with Crippen molar-refractivity contribution in [2.45, 2.75) is 19.8 Å². The molecule has 2 fully saturated rings. The second-order valence-electron chi connectivity index (χ2n) is 6.86. The molecule has 4 atom stereocenters. The van der Waals surface area contributed by atoms with Crippen LogP contribution in [0.15, 0.2) is 33.9 Å². The number of hydrazone groups is 1. The van der Waals surface area contributed by atoms with Gasteiger partial charge in [0.15, 0.2) is 11.5 Å². The van der Waals surface area contributed by atoms with Crippen LogP contribution in [-0.4, -0.2) is 34.8 Å². The molecule has 2 amide bonds. The number of imide groups is 1. The molecular weight excluding hydrogens is 400 g/mol. The number of allylic oxidation sites excluding steroid dienone is 2. The first-order chi connectivity index (χ1) is 12.5. The largest absolute Gasteiger partial charge is 0.503 e. The third-order valence-corrected chi connectivity index (χ3v) is 6.01. The Kier molecular flexibility index (Phi) is 4.34. The molecular formula is C19H19BrN2O4. The van der Waals surface area contributed by atoms with Crippen molar-refractivity contribution in [1.82, 2.24) is 5.01 Å². The smallest absolute Gasteiger partial charge is 0.254 e. The molecule has 5 rings (SSSR count). The number of phenolic OH excluding ortho intramolecular Hbond substituents is 1. The van der Waals surface area contributed by atoms with Gasteiger partial charge >= 0.3 is 0 Å². The highest BCUT2D eigenvalue weighted by molar-refractivity contribution is 9.10. The average molecular weight is 419 g/mol. The zero-order valence-corrected chi connectivity index (χ0v) is 15.8. The van der Waals surface area contributed by atoms with Crippen LogP contribution in [0.1, 0.15) is 25.3 Å². The number of aromatic hydroxyl groups is 1. The van der Waals surface area contributed by atoms with Crippen molar-refractivity contribution in [2.75, 3.05) is 6.61 Å². The van der Waals surface area contributed by atoms with Crippen LogP contribution in [0.3, 0.4) is 0 Å². The van der Waals surface area contributed by atoms with Crippen molar-refractivity contribution < 1.29 is 19.4 Å². The van der Waals surface area contributed by atoms with Crippen LogP contribution in [0.5, 0.6) is 11.5 Å². The Bertz CT molecular complexity index is 803. The predicted octanol–water partition coefficient (Wildman–Crippen LogP) is 3.08. The molecule has 0 aromatic heterocycles. The Hall–Kier alpha value is -2.15. The molecule has 0 radical (unpaired) electrons. The van der Waals surface area contributed by atoms with Crippen LogP contribution in [0.4, 0.5) is 0 Å². The van der Waals surface area contributed by atoms with Gasteiger partial charge in [-0.3, -0.25) is 9.59 Å². The number of nitrogens with zero attached hydrogens (tertiary/aromatic N) is 2. The Morgan fingerprint density at radius 2 is 1.85 bits per heavy atom. The molecule has 1 saturated carbocycles. The second kappa shape index (κ2) is 6.54. The van der Waals surface area contributed by atoms with Gasteiger partial charge in [-0.15, -0.1) is 0 Å². The third-order valence-electron chi connectivity index (χ3n) is 5.41. The van der Waals surface area contributed by atoms with E-state index in [9.17, 15) is 14.7 Å². The molecule has 1 heterocycles. The van der Waals surface area contributed by atoms with E-state index in [-0.39, 0.29) is 41.2 Å². The standard InChI is InChI=1S/C19H19BrN2O4/c1-2-26-14-8-10(7-13(20)17(14)23)9-21-22-18(24)15-11-3-4-12(6-5-11)16(15)19(22)25/h3-4,7-9,11-12,15-16,23H,2,5-6H2,1H3/b21-9-/t11-,12-,15-,16-/m1/s1. The second-order valence-corrected chi connectivity index (χ2v) is 7.71. The summed E-state index contributed by atoms with van der Waals surface area (Å²) in [6.45, 7) is 2.22. The van der Waals surface area contributed by atoms with Gasteiger partial charge in [-0.25, -0.2) is 0 Å². The molecule has 1 saturated heterocycles. The van der Waals surface area contributed by atoms with Gasteiger partial charge in [-0.05, 0) is 65.2 Å². The number of benzene rings is 1. The number of phenols is 1. The van der Waals surface area contributed by atoms with Gasteiger partial charge in [0.05, 0.1) is 29.1 Å². The van der Waals surface area contributed by atoms with E-state index in [1.807, 2.05) is 6.92 Å². The molecule has 2 bridgehead atoms. The average Bonchev–Trinajstić information content (AvgIpc) is 2.91. The van der Waals surface area contributed by atoms with Gasteiger partial charge in [0, 0.05) is 0 Å². The zero-order valence-electron chi connectivity index (χ0n) is 14.3. The molecule has 6 nitrogen and oxygen atoms in total. The van der Waals surface area contributed by atoms with Crippen molar-refractivity contribution in [2.24, 2.45) is 28.8 Å². The van der Waals surface area contributed by atoms with E-state index < -0.39 is 0 Å². The molecule has 3 aliphatic carbocycles. The molecule has 7 heteroatoms. The summed E-state index contributed by atoms with van der Waals surface area (Å²) in [5, 5.41) is 15.2. The molecule has 1 aliphatic heterocycles. The summed E-state index contributed by atoms with van der Waals surface area (Å²) < 4.78 is 5.85. The topological polar surface area (TPSA) is 79.2 Å². The Balaban J connectivity index is 1.60. The molecule has 4 aliphatic rings. The zero-order chi connectivity index (χ0) is 18.4. The van der Waals surface area contributed by atoms with Crippen molar-refractivity contribution in [3.63, 3.8) is 0 Å². The lowest BCUT2D eigenvalue weighted by molar-refractivity contribution is -0.140. The summed E-state index contributed by atoms with van der Waals surface area (Å²) in [6.07, 6.45) is 7.54. The fourth-order valence-electron chi connectivity index (χ4n) is 4.23. The van der Waals surface area contributed by atoms with Crippen LogP contribution < -0.4 is 4.74 Å². The quantitative estimate of drug-likeness (QED) is 0.462. The van der Waals surface area contributed by atoms with Crippen LogP contribution in [0.2, 0.25) is 0 Å². The van der Waals surface area contributed by atoms with E-state index >= 15 is 0 Å². The van der Waals surface area contributed by atoms with Crippen LogP contribution in [-0.2, 0) is 9.59 Å². The van der Waals surface area contributed by atoms with Crippen LogP contribution >= 0.6 is 15.9 Å². The number of fused-ring (bicyclic) bond motifs is 1. The van der Waals surface area contributed by atoms with E-state index in [1.54, 1.807) is 12.1 Å². The number of halogens is 1. The number of hydrogen-bond donors (Lipinski definition) is 1. The molecule has 136 valence electrons. The van der Waals surface area contributed by atoms with Gasteiger partial charge in [0.1, 0.15) is 0 Å². The lowest BCUT2D eigenvalue weighted by Crippen LogP contribution is -2.38. The number of ether oxygens (including phenoxy) is 1. The van der Waals surface area contributed by atoms with Crippen molar-refractivity contribution in [3.05, 3.63) is 34.3 Å². The summed E-state index contributed by atoms with van der Waals surface area (Å²) in [5.41, 5.74) is 0.620. The van der Waals surface area contributed by atoms with Gasteiger partial charge in [-0.2, -0.15) is 10.1 Å². The fraction of sp³-hybridized carbons (Fsp3) is 0.421. The Morgan fingerprint density at radius 1 is 1.23 bits per heavy atom. The first kappa shape index (κ1) is 17.3. The van der Waals surface area contributed by atoms with Crippen molar-refractivity contribution >= 4 is 34.0 Å². The number of carbonyl (C=O) groups is 2. The normalized spacial score (nSPS) is 29.7. The summed E-state index contributed by atoms with van der Waals surface area (Å²) in [5.74, 6) is -0.341. The number of amides is 2. The fourth-order valence-corrected chi connectivity index (χ4v) is 4.69. The maximum absolute atomic E-state index is 12.7. The molecule has 1 aromatic rings. The highest BCUT2D eigenvalue weighted by Crippen LogP contribution is 2.49. The van der Waals surface area contributed by atoms with E-state index in [1.165, 1.54) is 6.21 Å². The summed E-state index contributed by atoms with van der Waals surface area (Å²) in [4.78, 5) is 25.5. The number of carbonyl (C=O) groups excluding carboxylic acids is 2. The summed E-state index contributed by atoms with van der Waals surface area (Å²) >= 11 is 3.27. The SMILES string of the molecule is CCOc1cc(/C=N\N2C(=O)[C@H]3[C@H](C2=O)[C@@H]2C=C[C@@H]3CC2)cc(Br)c1O. The Morgan fingerprint density at radius 3 is 2.38 bits per heavy atom. The monoisotopic (exact) mass is 418 g/mol. The molecule has 1 aromatic carbocycles. The lowest BCUT2D eigenvalue weighted by atomic mass is 9.63. The van der Waals surface area contributed by atoms with Crippen molar-refractivity contribution in [3.8, 4) is 11.5 Å². The van der Waals surface area contributed by atoms with E-state index in [0.717, 1.165) is 17.9 Å². The van der Waals surface area contributed by atoms with Crippen LogP contribution in [0.25, 0.3) is 0 Å². The van der Waals surface area contributed by atoms with Crippen LogP contribution in [0, 0.1) is 23.7 Å². The molecule has 0 spiro atoms. The first-order valence-electron chi connectivity index (χ1n) is 8.76. The van der Waals surface area contributed by atoms with E-state index in [4.69, 9.17) is 4.74 Å². The summed E-state index contributed by atoms with van der Waals surface area (Å²) in [7, 11) is 0. The van der Waals surface area contributed by atoms with Gasteiger partial charge in [0.25, 0.3) is 11.8 Å². The predicted molar refractivity (Wildman–Crippen MR) is 98.8 cm³/mol. The van der Waals surface area contributed by atoms with Gasteiger partial charge in [-0.1, -0.05) is 12.2 Å². The lowest BCUT2D eigenvalue weighted by Gasteiger charge is -2.37. The van der Waals surface area contributed by atoms with Gasteiger partial charge < -0.3 is 9.84 Å². The highest BCUT2D eigenvalue weighted by atomic mass is 79.9. The van der Waals surface area contributed by atoms with E-state index in [0.29, 0.717) is 22.4 Å². The maximum Gasteiger partial charge on any atom is 0.254 e. The number of hydrogen-bond acceptors (Lipinski definition) is 5. The first-order valence-corrected chi connectivity index (χ1v) is 9.56. The maximum atomic E-state index is 12.7. The summed E-state index contributed by atoms with van der Waals surface area (Å²) in [6, 6.07) is 3.28. The highest BCUT2D eigenvalue weighted by Gasteiger charge is 2.56. The molecule has 0 unspecified atom stereocenters.